The summed E-state index contributed by atoms with van der Waals surface area (Å²) < 4.78 is 11.4. The highest BCUT2D eigenvalue weighted by atomic mass is 35.5. The number of benzene rings is 2. The number of aromatic nitrogens is 3. The molecular formula is C24H21ClN4O3S. The third kappa shape index (κ3) is 5.19. The Hall–Kier alpha value is -2.94. The average molecular weight is 481 g/mol. The first-order valence-corrected chi connectivity index (χ1v) is 12.0. The molecule has 0 spiro atoms. The third-order valence-corrected chi connectivity index (χ3v) is 6.44. The maximum atomic E-state index is 12.2. The smallest absolute Gasteiger partial charge is 0.277 e. The van der Waals surface area contributed by atoms with E-state index in [0.29, 0.717) is 22.7 Å². The molecule has 168 valence electrons. The summed E-state index contributed by atoms with van der Waals surface area (Å²) in [5.74, 6) is 0.488. The summed E-state index contributed by atoms with van der Waals surface area (Å²) in [5.41, 5.74) is 3.32. The minimum atomic E-state index is -0.0883. The van der Waals surface area contributed by atoms with Gasteiger partial charge in [0.1, 0.15) is 0 Å². The molecule has 1 fully saturated rings. The van der Waals surface area contributed by atoms with Gasteiger partial charge in [-0.1, -0.05) is 53.7 Å². The zero-order valence-electron chi connectivity index (χ0n) is 17.7. The molecule has 9 heteroatoms. The first kappa shape index (κ1) is 21.9. The minimum absolute atomic E-state index is 0.0883. The first-order chi connectivity index (χ1) is 16.2. The number of thioether (sulfide) groups is 1. The van der Waals surface area contributed by atoms with E-state index in [2.05, 4.69) is 15.5 Å². The van der Waals surface area contributed by atoms with Gasteiger partial charge in [-0.2, -0.15) is 0 Å². The van der Waals surface area contributed by atoms with Crippen LogP contribution in [0.4, 0.5) is 0 Å². The number of hydrogen-bond acceptors (Lipinski definition) is 7. The van der Waals surface area contributed by atoms with Crippen molar-refractivity contribution in [3.05, 3.63) is 59.6 Å². The predicted molar refractivity (Wildman–Crippen MR) is 128 cm³/mol. The van der Waals surface area contributed by atoms with Crippen LogP contribution in [0.15, 0.2) is 64.2 Å². The zero-order valence-corrected chi connectivity index (χ0v) is 19.2. The monoisotopic (exact) mass is 480 g/mol. The maximum Gasteiger partial charge on any atom is 0.277 e. The van der Waals surface area contributed by atoms with Crippen molar-refractivity contribution in [2.75, 3.05) is 18.9 Å². The summed E-state index contributed by atoms with van der Waals surface area (Å²) in [6.45, 7) is 1.30. The Bertz CT molecular complexity index is 1270. The van der Waals surface area contributed by atoms with Crippen molar-refractivity contribution in [2.45, 2.75) is 24.2 Å². The number of fused-ring (bicyclic) bond motifs is 1. The van der Waals surface area contributed by atoms with Crippen LogP contribution in [0.1, 0.15) is 12.8 Å². The van der Waals surface area contributed by atoms with E-state index in [1.54, 1.807) is 0 Å². The number of pyridine rings is 1. The molecule has 4 aromatic rings. The highest BCUT2D eigenvalue weighted by molar-refractivity contribution is 7.99. The molecule has 7 nitrogen and oxygen atoms in total. The minimum Gasteiger partial charge on any atom is -0.411 e. The van der Waals surface area contributed by atoms with Gasteiger partial charge in [-0.3, -0.25) is 4.79 Å². The van der Waals surface area contributed by atoms with Gasteiger partial charge in [0.2, 0.25) is 11.8 Å². The van der Waals surface area contributed by atoms with E-state index in [9.17, 15) is 4.79 Å². The molecule has 2 aromatic heterocycles. The summed E-state index contributed by atoms with van der Waals surface area (Å²) in [5, 5.41) is 13.2. The van der Waals surface area contributed by atoms with Crippen LogP contribution in [0.2, 0.25) is 5.02 Å². The fourth-order valence-electron chi connectivity index (χ4n) is 3.71. The number of hydrogen-bond donors (Lipinski definition) is 1. The molecule has 5 rings (SSSR count). The molecule has 1 saturated heterocycles. The van der Waals surface area contributed by atoms with Gasteiger partial charge in [-0.15, -0.1) is 10.2 Å². The maximum absolute atomic E-state index is 12.2. The second-order valence-corrected chi connectivity index (χ2v) is 9.04. The van der Waals surface area contributed by atoms with Crippen LogP contribution >= 0.6 is 23.4 Å². The second-order valence-electron chi connectivity index (χ2n) is 7.68. The third-order valence-electron chi connectivity index (χ3n) is 5.37. The van der Waals surface area contributed by atoms with E-state index < -0.39 is 0 Å². The van der Waals surface area contributed by atoms with Gasteiger partial charge in [0.25, 0.3) is 5.22 Å². The molecule has 2 aromatic carbocycles. The Balaban J connectivity index is 1.34. The van der Waals surface area contributed by atoms with E-state index in [1.165, 1.54) is 11.8 Å². The van der Waals surface area contributed by atoms with Crippen molar-refractivity contribution < 1.29 is 13.9 Å². The van der Waals surface area contributed by atoms with Crippen LogP contribution in [0.5, 0.6) is 0 Å². The molecule has 3 heterocycles. The number of para-hydroxylation sites is 1. The van der Waals surface area contributed by atoms with Crippen molar-refractivity contribution in [2.24, 2.45) is 0 Å². The number of rotatable bonds is 7. The molecule has 0 aliphatic carbocycles. The number of carbonyl (C=O) groups is 1. The fraction of sp³-hybridized carbons (Fsp3) is 0.250. The highest BCUT2D eigenvalue weighted by Gasteiger charge is 2.18. The van der Waals surface area contributed by atoms with Crippen LogP contribution in [0.25, 0.3) is 33.6 Å². The van der Waals surface area contributed by atoms with Crippen LogP contribution in [-0.4, -0.2) is 46.1 Å². The summed E-state index contributed by atoms with van der Waals surface area (Å²) in [4.78, 5) is 16.9. The number of halogens is 1. The van der Waals surface area contributed by atoms with Gasteiger partial charge in [0.15, 0.2) is 0 Å². The Kier molecular flexibility index (Phi) is 6.57. The highest BCUT2D eigenvalue weighted by Crippen LogP contribution is 2.33. The van der Waals surface area contributed by atoms with Crippen LogP contribution in [0.3, 0.4) is 0 Å². The van der Waals surface area contributed by atoms with Gasteiger partial charge in [-0.25, -0.2) is 4.98 Å². The Morgan fingerprint density at radius 2 is 2.00 bits per heavy atom. The molecule has 1 atom stereocenters. The fourth-order valence-corrected chi connectivity index (χ4v) is 4.43. The van der Waals surface area contributed by atoms with E-state index in [-0.39, 0.29) is 17.8 Å². The molecule has 1 aliphatic heterocycles. The summed E-state index contributed by atoms with van der Waals surface area (Å²) in [6, 6.07) is 17.2. The lowest BCUT2D eigenvalue weighted by Crippen LogP contribution is -2.32. The van der Waals surface area contributed by atoms with E-state index in [4.69, 9.17) is 25.7 Å². The molecule has 0 bridgehead atoms. The van der Waals surface area contributed by atoms with Crippen LogP contribution in [-0.2, 0) is 9.53 Å². The summed E-state index contributed by atoms with van der Waals surface area (Å²) in [7, 11) is 0. The molecule has 33 heavy (non-hydrogen) atoms. The first-order valence-electron chi connectivity index (χ1n) is 10.7. The van der Waals surface area contributed by atoms with Crippen LogP contribution < -0.4 is 5.32 Å². The van der Waals surface area contributed by atoms with Gasteiger partial charge in [0.05, 0.1) is 28.6 Å². The normalized spacial score (nSPS) is 15.7. The Morgan fingerprint density at radius 3 is 2.82 bits per heavy atom. The number of nitrogens with one attached hydrogen (secondary N) is 1. The molecule has 0 saturated carbocycles. The second kappa shape index (κ2) is 9.91. The van der Waals surface area contributed by atoms with Crippen molar-refractivity contribution >= 4 is 40.2 Å². The number of amides is 1. The SMILES string of the molecule is O=C(CSc1nnc(-c2cc(-c3ccc(Cl)cc3)nc3ccccc23)o1)NC[C@@H]1CCCO1. The lowest BCUT2D eigenvalue weighted by molar-refractivity contribution is -0.119. The van der Waals surface area contributed by atoms with Crippen molar-refractivity contribution in [1.82, 2.24) is 20.5 Å². The van der Waals surface area contributed by atoms with Crippen LogP contribution in [0, 0.1) is 0 Å². The Morgan fingerprint density at radius 1 is 1.15 bits per heavy atom. The lowest BCUT2D eigenvalue weighted by atomic mass is 10.0. The molecule has 1 amide bonds. The molecule has 0 radical (unpaired) electrons. The largest absolute Gasteiger partial charge is 0.411 e. The van der Waals surface area contributed by atoms with E-state index in [0.717, 1.165) is 47.2 Å². The quantitative estimate of drug-likeness (QED) is 0.372. The van der Waals surface area contributed by atoms with E-state index in [1.807, 2.05) is 54.6 Å². The summed E-state index contributed by atoms with van der Waals surface area (Å²) in [6.07, 6.45) is 2.14. The van der Waals surface area contributed by atoms with Gasteiger partial charge >= 0.3 is 0 Å². The predicted octanol–water partition coefficient (Wildman–Crippen LogP) is 4.99. The number of nitrogens with zero attached hydrogens (tertiary/aromatic N) is 3. The standard InChI is InChI=1S/C24H21ClN4O3S/c25-16-9-7-15(8-10-16)21-12-19(18-5-1-2-6-20(18)27-21)23-28-29-24(32-23)33-14-22(30)26-13-17-4-3-11-31-17/h1-2,5-10,12,17H,3-4,11,13-14H2,(H,26,30)/t17-/m0/s1. The molecule has 1 N–H and O–H groups in total. The Labute approximate surface area is 199 Å². The number of ether oxygens (including phenoxy) is 1. The van der Waals surface area contributed by atoms with Gasteiger partial charge in [0, 0.05) is 29.1 Å². The topological polar surface area (TPSA) is 90.1 Å². The summed E-state index contributed by atoms with van der Waals surface area (Å²) >= 11 is 7.25. The molecular weight excluding hydrogens is 460 g/mol. The number of carbonyl (C=O) groups excluding carboxylic acids is 1. The van der Waals surface area contributed by atoms with Gasteiger partial charge < -0.3 is 14.5 Å². The average Bonchev–Trinajstić information content (AvgIpc) is 3.53. The van der Waals surface area contributed by atoms with Crippen molar-refractivity contribution in [3.8, 4) is 22.7 Å². The van der Waals surface area contributed by atoms with Gasteiger partial charge in [-0.05, 0) is 37.1 Å². The van der Waals surface area contributed by atoms with E-state index >= 15 is 0 Å². The van der Waals surface area contributed by atoms with Crippen molar-refractivity contribution in [3.63, 3.8) is 0 Å². The molecule has 0 unspecified atom stereocenters. The lowest BCUT2D eigenvalue weighted by Gasteiger charge is -2.09. The zero-order chi connectivity index (χ0) is 22.6. The van der Waals surface area contributed by atoms with Crippen molar-refractivity contribution in [1.29, 1.82) is 0 Å². The molecule has 1 aliphatic rings.